The monoisotopic (exact) mass is 288 g/mol. The van der Waals surface area contributed by atoms with Gasteiger partial charge in [-0.15, -0.1) is 11.3 Å². The smallest absolute Gasteiger partial charge is 0.207 e. The van der Waals surface area contributed by atoms with E-state index in [0.717, 1.165) is 16.9 Å². The largest absolute Gasteiger partial charge is 0.288 e. The van der Waals surface area contributed by atoms with Crippen molar-refractivity contribution in [3.8, 4) is 0 Å². The van der Waals surface area contributed by atoms with Gasteiger partial charge < -0.3 is 0 Å². The van der Waals surface area contributed by atoms with Crippen molar-refractivity contribution in [3.63, 3.8) is 0 Å². The summed E-state index contributed by atoms with van der Waals surface area (Å²) in [6.45, 7) is 1.79. The minimum absolute atomic E-state index is 0.105. The molecule has 2 aromatic rings. The molecule has 0 radical (unpaired) electrons. The highest BCUT2D eigenvalue weighted by Crippen LogP contribution is 2.30. The molecule has 1 aromatic carbocycles. The Morgan fingerprint density at radius 1 is 1.35 bits per heavy atom. The van der Waals surface area contributed by atoms with Gasteiger partial charge in [0.05, 0.1) is 19.8 Å². The van der Waals surface area contributed by atoms with Gasteiger partial charge in [0.15, 0.2) is 0 Å². The Balaban J connectivity index is 2.51. The predicted octanol–water partition coefficient (Wildman–Crippen LogP) is 4.73. The zero-order valence-corrected chi connectivity index (χ0v) is 11.1. The zero-order valence-electron chi connectivity index (χ0n) is 8.76. The molecule has 5 heteroatoms. The minimum atomic E-state index is -0.621. The third kappa shape index (κ3) is 2.37. The number of carbonyl (C=O) groups excluding carboxylic acids is 1. The number of hydrogen-bond acceptors (Lipinski definition) is 2. The topological polar surface area (TPSA) is 17.1 Å². The number of ketones is 1. The second-order valence-electron chi connectivity index (χ2n) is 3.49. The minimum Gasteiger partial charge on any atom is -0.288 e. The maximum Gasteiger partial charge on any atom is 0.207 e. The number of thiophene rings is 1. The lowest BCUT2D eigenvalue weighted by Crippen LogP contribution is -2.03. The van der Waals surface area contributed by atoms with Gasteiger partial charge in [-0.25, -0.2) is 4.39 Å². The number of benzene rings is 1. The first-order valence-corrected chi connectivity index (χ1v) is 6.32. The third-order valence-electron chi connectivity index (χ3n) is 2.27. The Hall–Kier alpha value is -0.900. The highest BCUT2D eigenvalue weighted by atomic mass is 35.5. The lowest BCUT2D eigenvalue weighted by Gasteiger charge is -2.02. The summed E-state index contributed by atoms with van der Waals surface area (Å²) in [5.74, 6) is -1.06. The van der Waals surface area contributed by atoms with Gasteiger partial charge in [0.25, 0.3) is 0 Å². The molecule has 1 heterocycles. The Morgan fingerprint density at radius 3 is 2.59 bits per heavy atom. The molecule has 0 saturated carbocycles. The molecule has 88 valence electrons. The maximum absolute atomic E-state index is 13.6. The number of carbonyl (C=O) groups is 1. The van der Waals surface area contributed by atoms with Crippen molar-refractivity contribution in [2.24, 2.45) is 0 Å². The highest BCUT2D eigenvalue weighted by molar-refractivity contribution is 7.18. The van der Waals surface area contributed by atoms with Gasteiger partial charge in [-0.3, -0.25) is 4.79 Å². The first-order valence-electron chi connectivity index (χ1n) is 4.75. The van der Waals surface area contributed by atoms with Crippen LogP contribution in [-0.4, -0.2) is 5.78 Å². The molecule has 0 spiro atoms. The molecule has 0 fully saturated rings. The summed E-state index contributed by atoms with van der Waals surface area (Å²) < 4.78 is 14.1. The van der Waals surface area contributed by atoms with Crippen LogP contribution in [0.4, 0.5) is 4.39 Å². The molecule has 2 rings (SSSR count). The van der Waals surface area contributed by atoms with Crippen LogP contribution < -0.4 is 0 Å². The second kappa shape index (κ2) is 4.77. The molecular formula is C12H7Cl2FOS. The molecular weight excluding hydrogens is 282 g/mol. The van der Waals surface area contributed by atoms with Gasteiger partial charge in [0, 0.05) is 0 Å². The molecule has 1 nitrogen and oxygen atoms in total. The van der Waals surface area contributed by atoms with Crippen LogP contribution in [-0.2, 0) is 0 Å². The molecule has 0 N–H and O–H groups in total. The Labute approximate surface area is 112 Å². The first kappa shape index (κ1) is 12.6. The fourth-order valence-corrected chi connectivity index (χ4v) is 2.81. The lowest BCUT2D eigenvalue weighted by molar-refractivity contribution is 0.103. The van der Waals surface area contributed by atoms with E-state index in [0.29, 0.717) is 9.21 Å². The number of aryl methyl sites for hydroxylation is 1. The van der Waals surface area contributed by atoms with Gasteiger partial charge in [-0.2, -0.15) is 0 Å². The summed E-state index contributed by atoms with van der Waals surface area (Å²) >= 11 is 12.8. The number of rotatable bonds is 2. The molecule has 0 unspecified atom stereocenters. The van der Waals surface area contributed by atoms with Gasteiger partial charge in [-0.1, -0.05) is 29.3 Å². The molecule has 0 saturated heterocycles. The van der Waals surface area contributed by atoms with E-state index in [-0.39, 0.29) is 10.6 Å². The molecule has 0 amide bonds. The summed E-state index contributed by atoms with van der Waals surface area (Å²) in [5, 5.41) is 0.108. The SMILES string of the molecule is Cc1cc(C(=O)c2c(F)cccc2Cl)sc1Cl. The summed E-state index contributed by atoms with van der Waals surface area (Å²) in [6.07, 6.45) is 0. The Kier molecular flexibility index (Phi) is 3.52. The predicted molar refractivity (Wildman–Crippen MR) is 68.9 cm³/mol. The van der Waals surface area contributed by atoms with Gasteiger partial charge in [0.2, 0.25) is 5.78 Å². The van der Waals surface area contributed by atoms with Gasteiger partial charge in [-0.05, 0) is 30.7 Å². The number of hydrogen-bond donors (Lipinski definition) is 0. The molecule has 17 heavy (non-hydrogen) atoms. The normalized spacial score (nSPS) is 10.6. The molecule has 0 aliphatic rings. The van der Waals surface area contributed by atoms with Crippen LogP contribution in [0.3, 0.4) is 0 Å². The van der Waals surface area contributed by atoms with Crippen molar-refractivity contribution in [2.75, 3.05) is 0 Å². The van der Waals surface area contributed by atoms with Crippen molar-refractivity contribution in [3.05, 3.63) is 55.4 Å². The van der Waals surface area contributed by atoms with E-state index in [2.05, 4.69) is 0 Å². The molecule has 0 atom stereocenters. The number of halogens is 3. The average Bonchev–Trinajstić information content (AvgIpc) is 2.59. The van der Waals surface area contributed by atoms with Crippen LogP contribution in [0.5, 0.6) is 0 Å². The van der Waals surface area contributed by atoms with Crippen LogP contribution >= 0.6 is 34.5 Å². The molecule has 0 aliphatic carbocycles. The Morgan fingerprint density at radius 2 is 2.06 bits per heavy atom. The van der Waals surface area contributed by atoms with Crippen LogP contribution in [0.15, 0.2) is 24.3 Å². The summed E-state index contributed by atoms with van der Waals surface area (Å²) in [6, 6.07) is 5.79. The van der Waals surface area contributed by atoms with Crippen molar-refractivity contribution < 1.29 is 9.18 Å². The van der Waals surface area contributed by atoms with E-state index in [1.807, 2.05) is 0 Å². The van der Waals surface area contributed by atoms with Crippen LogP contribution in [0.2, 0.25) is 9.36 Å². The fourth-order valence-electron chi connectivity index (χ4n) is 1.41. The van der Waals surface area contributed by atoms with E-state index < -0.39 is 11.6 Å². The maximum atomic E-state index is 13.6. The lowest BCUT2D eigenvalue weighted by atomic mass is 10.1. The standard InChI is InChI=1S/C12H7Cl2FOS/c1-6-5-9(17-12(6)14)11(16)10-7(13)3-2-4-8(10)15/h2-5H,1H3. The second-order valence-corrected chi connectivity index (χ2v) is 5.55. The van der Waals surface area contributed by atoms with Crippen molar-refractivity contribution in [1.29, 1.82) is 0 Å². The van der Waals surface area contributed by atoms with E-state index in [1.165, 1.54) is 18.2 Å². The van der Waals surface area contributed by atoms with E-state index in [4.69, 9.17) is 23.2 Å². The van der Waals surface area contributed by atoms with E-state index in [9.17, 15) is 9.18 Å². The molecule has 1 aromatic heterocycles. The van der Waals surface area contributed by atoms with Gasteiger partial charge in [0.1, 0.15) is 5.82 Å². The summed E-state index contributed by atoms with van der Waals surface area (Å²) in [7, 11) is 0. The Bertz CT molecular complexity index is 552. The van der Waals surface area contributed by atoms with E-state index in [1.54, 1.807) is 13.0 Å². The summed E-state index contributed by atoms with van der Waals surface area (Å²) in [5.41, 5.74) is 0.694. The first-order chi connectivity index (χ1) is 8.00. The van der Waals surface area contributed by atoms with Crippen molar-refractivity contribution in [1.82, 2.24) is 0 Å². The molecule has 0 aliphatic heterocycles. The quantitative estimate of drug-likeness (QED) is 0.730. The van der Waals surface area contributed by atoms with Crippen LogP contribution in [0.25, 0.3) is 0 Å². The third-order valence-corrected chi connectivity index (χ3v) is 4.14. The highest BCUT2D eigenvalue weighted by Gasteiger charge is 2.20. The van der Waals surface area contributed by atoms with Gasteiger partial charge >= 0.3 is 0 Å². The van der Waals surface area contributed by atoms with Crippen LogP contribution in [0, 0.1) is 12.7 Å². The van der Waals surface area contributed by atoms with Crippen molar-refractivity contribution in [2.45, 2.75) is 6.92 Å². The molecule has 0 bridgehead atoms. The summed E-state index contributed by atoms with van der Waals surface area (Å²) in [4.78, 5) is 12.5. The van der Waals surface area contributed by atoms with Crippen molar-refractivity contribution >= 4 is 40.3 Å². The van der Waals surface area contributed by atoms with Crippen LogP contribution in [0.1, 0.15) is 20.8 Å². The average molecular weight is 289 g/mol. The van der Waals surface area contributed by atoms with E-state index >= 15 is 0 Å². The zero-order chi connectivity index (χ0) is 12.6. The fraction of sp³-hybridized carbons (Fsp3) is 0.0833.